The summed E-state index contributed by atoms with van der Waals surface area (Å²) in [6.45, 7) is 3.84. The van der Waals surface area contributed by atoms with Crippen LogP contribution in [0.15, 0.2) is 59.4 Å². The number of amides is 1. The van der Waals surface area contributed by atoms with Crippen molar-refractivity contribution in [3.8, 4) is 11.1 Å². The number of nitrogens with zero attached hydrogens (tertiary/aromatic N) is 1. The van der Waals surface area contributed by atoms with Gasteiger partial charge in [-0.15, -0.1) is 0 Å². The van der Waals surface area contributed by atoms with Crippen LogP contribution in [-0.4, -0.2) is 17.1 Å². The molecule has 132 valence electrons. The highest BCUT2D eigenvalue weighted by molar-refractivity contribution is 5.96. The zero-order valence-corrected chi connectivity index (χ0v) is 14.7. The molecule has 5 heteroatoms. The van der Waals surface area contributed by atoms with Crippen molar-refractivity contribution < 1.29 is 9.18 Å². The lowest BCUT2D eigenvalue weighted by Crippen LogP contribution is -2.08. The third-order valence-corrected chi connectivity index (χ3v) is 4.23. The predicted octanol–water partition coefficient (Wildman–Crippen LogP) is 4.48. The van der Waals surface area contributed by atoms with E-state index in [4.69, 9.17) is 5.73 Å². The Morgan fingerprint density at radius 3 is 2.81 bits per heavy atom. The van der Waals surface area contributed by atoms with E-state index in [9.17, 15) is 9.18 Å². The highest BCUT2D eigenvalue weighted by atomic mass is 19.1. The second-order valence-corrected chi connectivity index (χ2v) is 6.24. The highest BCUT2D eigenvalue weighted by Crippen LogP contribution is 2.30. The van der Waals surface area contributed by atoms with Crippen LogP contribution in [0.3, 0.4) is 0 Å². The summed E-state index contributed by atoms with van der Waals surface area (Å²) in [6.07, 6.45) is 5.55. The molecule has 3 rings (SSSR count). The third kappa shape index (κ3) is 3.88. The van der Waals surface area contributed by atoms with E-state index >= 15 is 0 Å². The summed E-state index contributed by atoms with van der Waals surface area (Å²) in [6, 6.07) is 10.8. The van der Waals surface area contributed by atoms with E-state index in [0.29, 0.717) is 0 Å². The number of nitrogens with one attached hydrogen (secondary N) is 1. The van der Waals surface area contributed by atoms with Gasteiger partial charge in [-0.3, -0.25) is 9.79 Å². The molecular weight excluding hydrogens is 329 g/mol. The topological polar surface area (TPSA) is 71.2 Å². The number of allylic oxidation sites excluding steroid dienone is 1. The third-order valence-electron chi connectivity index (χ3n) is 4.23. The van der Waals surface area contributed by atoms with Crippen molar-refractivity contribution >= 4 is 23.0 Å². The van der Waals surface area contributed by atoms with Crippen LogP contribution in [0, 0.1) is 12.7 Å². The van der Waals surface area contributed by atoms with Gasteiger partial charge in [-0.2, -0.15) is 0 Å². The Kier molecular flexibility index (Phi) is 4.98. The average molecular weight is 349 g/mol. The number of fused-ring (bicyclic) bond motifs is 1. The molecule has 3 N–H and O–H groups in total. The number of rotatable bonds is 5. The van der Waals surface area contributed by atoms with Gasteiger partial charge in [-0.05, 0) is 48.7 Å². The van der Waals surface area contributed by atoms with Gasteiger partial charge in [0, 0.05) is 41.0 Å². The van der Waals surface area contributed by atoms with Gasteiger partial charge in [0.15, 0.2) is 0 Å². The second-order valence-electron chi connectivity index (χ2n) is 6.24. The number of aliphatic imine (C=N–C) groups is 1. The fraction of sp³-hybridized carbons (Fsp3) is 0.143. The minimum absolute atomic E-state index is 0.183. The molecule has 4 nitrogen and oxygen atoms in total. The number of nitrogens with two attached hydrogens (primary N) is 1. The van der Waals surface area contributed by atoms with Crippen molar-refractivity contribution in [2.24, 2.45) is 10.7 Å². The minimum Gasteiger partial charge on any atom is -0.369 e. The molecule has 0 fully saturated rings. The van der Waals surface area contributed by atoms with Crippen molar-refractivity contribution in [2.45, 2.75) is 20.3 Å². The maximum Gasteiger partial charge on any atom is 0.221 e. The predicted molar refractivity (Wildman–Crippen MR) is 104 cm³/mol. The molecule has 0 aliphatic carbocycles. The molecule has 0 bridgehead atoms. The number of H-pyrrole nitrogens is 1. The maximum absolute atomic E-state index is 13.3. The first-order valence-electron chi connectivity index (χ1n) is 8.31. The molecule has 0 spiro atoms. The largest absolute Gasteiger partial charge is 0.369 e. The van der Waals surface area contributed by atoms with Crippen LogP contribution in [0.1, 0.15) is 24.5 Å². The molecular formula is C21H20FN3O. The van der Waals surface area contributed by atoms with Gasteiger partial charge in [-0.1, -0.05) is 24.3 Å². The summed E-state index contributed by atoms with van der Waals surface area (Å²) in [5.74, 6) is -0.632. The van der Waals surface area contributed by atoms with E-state index in [1.54, 1.807) is 18.4 Å². The second kappa shape index (κ2) is 7.35. The van der Waals surface area contributed by atoms with Crippen LogP contribution in [0.5, 0.6) is 0 Å². The Bertz CT molecular complexity index is 1030. The van der Waals surface area contributed by atoms with Crippen molar-refractivity contribution in [1.29, 1.82) is 0 Å². The molecule has 0 aliphatic rings. The number of benzene rings is 2. The Morgan fingerprint density at radius 1 is 1.27 bits per heavy atom. The molecule has 26 heavy (non-hydrogen) atoms. The zero-order chi connectivity index (χ0) is 18.7. The Labute approximate surface area is 151 Å². The number of halogens is 1. The Balaban J connectivity index is 1.87. The molecule has 0 radical (unpaired) electrons. The molecule has 3 aromatic rings. The number of aromatic nitrogens is 1. The number of hydrogen-bond donors (Lipinski definition) is 2. The maximum atomic E-state index is 13.3. The number of primary amides is 1. The van der Waals surface area contributed by atoms with Crippen LogP contribution in [0.4, 0.5) is 4.39 Å². The van der Waals surface area contributed by atoms with E-state index < -0.39 is 0 Å². The first-order chi connectivity index (χ1) is 12.4. The number of carbonyl (C=O) groups excluding carboxylic acids is 1. The molecule has 0 aliphatic heterocycles. The highest BCUT2D eigenvalue weighted by Gasteiger charge is 2.08. The van der Waals surface area contributed by atoms with Gasteiger partial charge >= 0.3 is 0 Å². The van der Waals surface area contributed by atoms with Crippen LogP contribution >= 0.6 is 0 Å². The molecule has 0 unspecified atom stereocenters. The summed E-state index contributed by atoms with van der Waals surface area (Å²) in [4.78, 5) is 18.3. The van der Waals surface area contributed by atoms with E-state index in [1.807, 2.05) is 32.2 Å². The summed E-state index contributed by atoms with van der Waals surface area (Å²) in [5.41, 5.74) is 10.8. The van der Waals surface area contributed by atoms with Gasteiger partial charge in [-0.25, -0.2) is 4.39 Å². The van der Waals surface area contributed by atoms with Crippen LogP contribution < -0.4 is 5.73 Å². The summed E-state index contributed by atoms with van der Waals surface area (Å²) >= 11 is 0. The van der Waals surface area contributed by atoms with Gasteiger partial charge in [0.05, 0.1) is 0 Å². The van der Waals surface area contributed by atoms with E-state index in [-0.39, 0.29) is 18.1 Å². The standard InChI is InChI=1S/C21H20FN3O/c1-13-9-15(19-12-25-20-10-17(22)6-7-18(19)20)4-5-16(13)11-24-14(2)3-8-21(23)26/h3-7,9-12,25H,8H2,1-2H3,(H2,23,26). The van der Waals surface area contributed by atoms with E-state index in [2.05, 4.69) is 16.0 Å². The lowest BCUT2D eigenvalue weighted by molar-refractivity contribution is -0.117. The quantitative estimate of drug-likeness (QED) is 0.655. The lowest BCUT2D eigenvalue weighted by atomic mass is 10.00. The number of hydrogen-bond acceptors (Lipinski definition) is 2. The molecule has 1 heterocycles. The zero-order valence-electron chi connectivity index (χ0n) is 14.7. The average Bonchev–Trinajstić information content (AvgIpc) is 3.01. The summed E-state index contributed by atoms with van der Waals surface area (Å²) in [5, 5.41) is 0.984. The molecule has 0 atom stereocenters. The van der Waals surface area contributed by atoms with Crippen LogP contribution in [-0.2, 0) is 4.79 Å². The van der Waals surface area contributed by atoms with Crippen LogP contribution in [0.25, 0.3) is 22.0 Å². The number of carbonyl (C=O) groups is 1. The molecule has 0 saturated carbocycles. The van der Waals surface area contributed by atoms with Crippen molar-refractivity contribution in [1.82, 2.24) is 4.98 Å². The normalized spacial score (nSPS) is 12.2. The van der Waals surface area contributed by atoms with Crippen molar-refractivity contribution in [3.05, 3.63) is 71.3 Å². The van der Waals surface area contributed by atoms with Crippen molar-refractivity contribution in [3.63, 3.8) is 0 Å². The fourth-order valence-electron chi connectivity index (χ4n) is 2.80. The monoisotopic (exact) mass is 349 g/mol. The summed E-state index contributed by atoms with van der Waals surface area (Å²) in [7, 11) is 0. The summed E-state index contributed by atoms with van der Waals surface area (Å²) < 4.78 is 13.3. The molecule has 0 saturated heterocycles. The van der Waals surface area contributed by atoms with Gasteiger partial charge < -0.3 is 10.7 Å². The fourth-order valence-corrected chi connectivity index (χ4v) is 2.80. The Hall–Kier alpha value is -3.21. The molecule has 1 amide bonds. The van der Waals surface area contributed by atoms with E-state index in [0.717, 1.165) is 38.9 Å². The van der Waals surface area contributed by atoms with Gasteiger partial charge in [0.2, 0.25) is 5.91 Å². The smallest absolute Gasteiger partial charge is 0.221 e. The van der Waals surface area contributed by atoms with Gasteiger partial charge in [0.1, 0.15) is 5.82 Å². The minimum atomic E-state index is -0.376. The van der Waals surface area contributed by atoms with Crippen LogP contribution in [0.2, 0.25) is 0 Å². The van der Waals surface area contributed by atoms with E-state index in [1.165, 1.54) is 12.1 Å². The lowest BCUT2D eigenvalue weighted by Gasteiger charge is -2.05. The number of aromatic amines is 1. The van der Waals surface area contributed by atoms with Crippen molar-refractivity contribution in [2.75, 3.05) is 0 Å². The molecule has 2 aromatic carbocycles. The number of aryl methyl sites for hydroxylation is 1. The molecule has 1 aromatic heterocycles. The first-order valence-corrected chi connectivity index (χ1v) is 8.31. The first kappa shape index (κ1) is 17.6. The van der Waals surface area contributed by atoms with Gasteiger partial charge in [0.25, 0.3) is 0 Å². The SMILES string of the molecule is CC(=CCC(N)=O)N=Cc1ccc(-c2c[nH]c3cc(F)ccc23)cc1C. The Morgan fingerprint density at radius 2 is 2.08 bits per heavy atom.